The SMILES string of the molecule is Cc1cc2c3c(c1)N(c1ccc(C(C)(C)C)cc1)c1c(sc4cc5c(cc14)-c1ccccc1C51c4ccccc4-c4ccccc41)B3c1ccc(C(C)(C)C)cc1N2c1ccc(C(C)(C)C)cc1. The van der Waals surface area contributed by atoms with E-state index in [9.17, 15) is 0 Å². The molecule has 4 aliphatic rings. The van der Waals surface area contributed by atoms with Crippen molar-refractivity contribution in [1.29, 1.82) is 0 Å². The number of nitrogens with zero attached hydrogens (tertiary/aromatic N) is 2. The third-order valence-electron chi connectivity index (χ3n) is 15.8. The molecule has 0 saturated carbocycles. The van der Waals surface area contributed by atoms with Gasteiger partial charge in [0.2, 0.25) is 0 Å². The van der Waals surface area contributed by atoms with Gasteiger partial charge >= 0.3 is 0 Å². The van der Waals surface area contributed by atoms with Gasteiger partial charge in [0.05, 0.1) is 11.1 Å². The van der Waals surface area contributed by atoms with Crippen LogP contribution in [-0.4, -0.2) is 6.71 Å². The summed E-state index contributed by atoms with van der Waals surface area (Å²) in [5.74, 6) is 0. The predicted molar refractivity (Wildman–Crippen MR) is 293 cm³/mol. The van der Waals surface area contributed by atoms with Crippen LogP contribution in [-0.2, 0) is 21.7 Å². The van der Waals surface area contributed by atoms with E-state index >= 15 is 0 Å². The summed E-state index contributed by atoms with van der Waals surface area (Å²) in [6.07, 6.45) is 0. The Labute approximate surface area is 407 Å². The molecule has 0 atom stereocenters. The maximum absolute atomic E-state index is 2.64. The third-order valence-corrected chi connectivity index (χ3v) is 17.0. The average molecular weight is 897 g/mol. The van der Waals surface area contributed by atoms with E-state index in [1.165, 1.54) is 127 Å². The molecule has 0 amide bonds. The molecule has 13 rings (SSSR count). The van der Waals surface area contributed by atoms with Crippen LogP contribution >= 0.6 is 11.3 Å². The van der Waals surface area contributed by atoms with Gasteiger partial charge < -0.3 is 9.80 Å². The fraction of sp³-hybridized carbons (Fsp3) is 0.219. The van der Waals surface area contributed by atoms with Gasteiger partial charge in [-0.15, -0.1) is 11.3 Å². The highest BCUT2D eigenvalue weighted by molar-refractivity contribution is 7.33. The van der Waals surface area contributed by atoms with Crippen LogP contribution in [0.3, 0.4) is 0 Å². The van der Waals surface area contributed by atoms with Crippen LogP contribution in [0.1, 0.15) is 107 Å². The van der Waals surface area contributed by atoms with Crippen LogP contribution in [0.2, 0.25) is 0 Å². The zero-order chi connectivity index (χ0) is 46.8. The van der Waals surface area contributed by atoms with Crippen molar-refractivity contribution in [3.8, 4) is 22.3 Å². The molecular weight excluding hydrogens is 840 g/mol. The lowest BCUT2D eigenvalue weighted by Gasteiger charge is -2.44. The van der Waals surface area contributed by atoms with E-state index in [1.807, 2.05) is 11.3 Å². The molecule has 1 aromatic heterocycles. The second kappa shape index (κ2) is 14.0. The number of hydrogen-bond donors (Lipinski definition) is 0. The largest absolute Gasteiger partial charge is 0.311 e. The molecule has 0 N–H and O–H groups in total. The molecule has 2 aliphatic heterocycles. The number of aryl methyl sites for hydroxylation is 1. The van der Waals surface area contributed by atoms with Gasteiger partial charge in [-0.25, -0.2) is 0 Å². The summed E-state index contributed by atoms with van der Waals surface area (Å²) in [6.45, 7) is 23.2. The molecule has 8 aromatic carbocycles. The van der Waals surface area contributed by atoms with Gasteiger partial charge in [0.25, 0.3) is 6.71 Å². The summed E-state index contributed by atoms with van der Waals surface area (Å²) in [5, 5.41) is 1.32. The monoisotopic (exact) mass is 896 g/mol. The van der Waals surface area contributed by atoms with Crippen molar-refractivity contribution in [3.05, 3.63) is 208 Å². The molecule has 0 bridgehead atoms. The van der Waals surface area contributed by atoms with E-state index in [4.69, 9.17) is 0 Å². The Morgan fingerprint density at radius 1 is 0.441 bits per heavy atom. The number of rotatable bonds is 2. The molecular formula is C64H57BN2S. The maximum Gasteiger partial charge on any atom is 0.264 e. The van der Waals surface area contributed by atoms with E-state index in [0.717, 1.165) is 0 Å². The predicted octanol–water partition coefficient (Wildman–Crippen LogP) is 15.5. The summed E-state index contributed by atoms with van der Waals surface area (Å²) in [7, 11) is 0. The van der Waals surface area contributed by atoms with Gasteiger partial charge in [-0.05, 0) is 155 Å². The highest BCUT2D eigenvalue weighted by Gasteiger charge is 2.53. The summed E-state index contributed by atoms with van der Waals surface area (Å²) >= 11 is 2.01. The van der Waals surface area contributed by atoms with Crippen molar-refractivity contribution in [1.82, 2.24) is 0 Å². The first-order valence-electron chi connectivity index (χ1n) is 24.5. The Balaban J connectivity index is 1.13. The maximum atomic E-state index is 2.64. The van der Waals surface area contributed by atoms with Crippen LogP contribution in [0, 0.1) is 6.92 Å². The lowest BCUT2D eigenvalue weighted by molar-refractivity contribution is 0.590. The Hall–Kier alpha value is -6.62. The van der Waals surface area contributed by atoms with Gasteiger partial charge in [0, 0.05) is 43.3 Å². The quantitative estimate of drug-likeness (QED) is 0.160. The minimum Gasteiger partial charge on any atom is -0.311 e. The van der Waals surface area contributed by atoms with Gasteiger partial charge in [-0.3, -0.25) is 0 Å². The molecule has 0 radical (unpaired) electrons. The fourth-order valence-electron chi connectivity index (χ4n) is 12.4. The second-order valence-corrected chi connectivity index (χ2v) is 24.1. The molecule has 0 fully saturated rings. The smallest absolute Gasteiger partial charge is 0.264 e. The molecule has 4 heteroatoms. The number of benzene rings is 8. The van der Waals surface area contributed by atoms with Gasteiger partial charge in [0.15, 0.2) is 0 Å². The van der Waals surface area contributed by atoms with E-state index in [-0.39, 0.29) is 23.0 Å². The zero-order valence-corrected chi connectivity index (χ0v) is 41.8. The molecule has 9 aromatic rings. The summed E-state index contributed by atoms with van der Waals surface area (Å²) in [6, 6.07) is 64.0. The zero-order valence-electron chi connectivity index (χ0n) is 41.0. The summed E-state index contributed by atoms with van der Waals surface area (Å²) in [5.41, 5.74) is 26.0. The van der Waals surface area contributed by atoms with Crippen molar-refractivity contribution < 1.29 is 0 Å². The van der Waals surface area contributed by atoms with Crippen LogP contribution in [0.25, 0.3) is 32.3 Å². The third kappa shape index (κ3) is 5.64. The first kappa shape index (κ1) is 41.6. The molecule has 2 nitrogen and oxygen atoms in total. The Morgan fingerprint density at radius 2 is 0.912 bits per heavy atom. The van der Waals surface area contributed by atoms with E-state index in [0.29, 0.717) is 0 Å². The molecule has 2 aliphatic carbocycles. The number of anilines is 6. The average Bonchev–Trinajstić information content (AvgIpc) is 3.93. The standard InChI is InChI=1S/C64H57BN2S/c1-38-33-55-58-56(34-38)67(43-30-25-40(26-31-43)62(5,6)7)59-48-36-47-46-19-13-16-22-51(46)64(49-20-14-11-17-44(49)45-18-12-15-21-50(45)64)52(47)37-57(48)68-60(59)65(58)53-32-27-41(63(8,9)10)35-54(53)66(55)42-28-23-39(24-29-42)61(2,3)4/h11-37H,1-10H3. The minimum absolute atomic E-state index is 0.0233. The fourth-order valence-corrected chi connectivity index (χ4v) is 13.8. The van der Waals surface area contributed by atoms with Crippen molar-refractivity contribution in [2.45, 2.75) is 90.9 Å². The van der Waals surface area contributed by atoms with Crippen LogP contribution in [0.15, 0.2) is 164 Å². The highest BCUT2D eigenvalue weighted by Crippen LogP contribution is 2.64. The van der Waals surface area contributed by atoms with Crippen molar-refractivity contribution in [2.24, 2.45) is 0 Å². The van der Waals surface area contributed by atoms with Gasteiger partial charge in [-0.1, -0.05) is 172 Å². The molecule has 332 valence electrons. The van der Waals surface area contributed by atoms with E-state index in [2.05, 4.69) is 243 Å². The first-order valence-corrected chi connectivity index (χ1v) is 25.4. The first-order chi connectivity index (χ1) is 32.5. The van der Waals surface area contributed by atoms with Crippen molar-refractivity contribution in [3.63, 3.8) is 0 Å². The van der Waals surface area contributed by atoms with E-state index in [1.54, 1.807) is 0 Å². The summed E-state index contributed by atoms with van der Waals surface area (Å²) < 4.78 is 2.74. The Morgan fingerprint density at radius 3 is 1.44 bits per heavy atom. The minimum atomic E-state index is -0.405. The molecule has 3 heterocycles. The van der Waals surface area contributed by atoms with E-state index < -0.39 is 5.41 Å². The Bertz CT molecular complexity index is 3540. The topological polar surface area (TPSA) is 6.48 Å². The normalized spacial score (nSPS) is 14.9. The van der Waals surface area contributed by atoms with Crippen molar-refractivity contribution in [2.75, 3.05) is 9.80 Å². The molecule has 68 heavy (non-hydrogen) atoms. The molecule has 0 saturated heterocycles. The second-order valence-electron chi connectivity index (χ2n) is 23.0. The molecule has 1 spiro atoms. The van der Waals surface area contributed by atoms with Crippen molar-refractivity contribution >= 4 is 78.0 Å². The van der Waals surface area contributed by atoms with Gasteiger partial charge in [0.1, 0.15) is 0 Å². The number of fused-ring (bicyclic) bond motifs is 16. The molecule has 0 unspecified atom stereocenters. The summed E-state index contributed by atoms with van der Waals surface area (Å²) in [4.78, 5) is 5.23. The van der Waals surface area contributed by atoms with Crippen LogP contribution in [0.4, 0.5) is 34.1 Å². The number of hydrogen-bond acceptors (Lipinski definition) is 3. The lowest BCUT2D eigenvalue weighted by atomic mass is 9.36. The Kier molecular flexibility index (Phi) is 8.55. The number of thiophene rings is 1. The van der Waals surface area contributed by atoms with Crippen LogP contribution in [0.5, 0.6) is 0 Å². The van der Waals surface area contributed by atoms with Gasteiger partial charge in [-0.2, -0.15) is 0 Å². The lowest BCUT2D eigenvalue weighted by Crippen LogP contribution is -2.60. The van der Waals surface area contributed by atoms with Crippen LogP contribution < -0.4 is 25.5 Å². The highest BCUT2D eigenvalue weighted by atomic mass is 32.1.